The van der Waals surface area contributed by atoms with Gasteiger partial charge in [0.1, 0.15) is 24.0 Å². The molecule has 0 saturated carbocycles. The summed E-state index contributed by atoms with van der Waals surface area (Å²) in [5, 5.41) is 9.01. The summed E-state index contributed by atoms with van der Waals surface area (Å²) in [5.74, 6) is 4.16. The van der Waals surface area contributed by atoms with Gasteiger partial charge in [0.05, 0.1) is 19.4 Å². The van der Waals surface area contributed by atoms with Crippen LogP contribution in [0, 0.1) is 0 Å². The average Bonchev–Trinajstić information content (AvgIpc) is 3.09. The number of halogens is 2. The van der Waals surface area contributed by atoms with Crippen molar-refractivity contribution >= 4 is 30.6 Å². The number of pyridine rings is 1. The number of benzene rings is 1. The van der Waals surface area contributed by atoms with Gasteiger partial charge in [-0.2, -0.15) is 0 Å². The van der Waals surface area contributed by atoms with Crippen molar-refractivity contribution in [2.75, 3.05) is 25.1 Å². The highest BCUT2D eigenvalue weighted by molar-refractivity contribution is 5.85. The lowest BCUT2D eigenvalue weighted by molar-refractivity contribution is 0.105. The fraction of sp³-hybridized carbons (Fsp3) is 0.381. The number of nitrogens with zero attached hydrogens (tertiary/aromatic N) is 5. The summed E-state index contributed by atoms with van der Waals surface area (Å²) >= 11 is 0. The maximum atomic E-state index is 5.83. The van der Waals surface area contributed by atoms with Crippen LogP contribution in [0.4, 0.5) is 5.82 Å². The Morgan fingerprint density at radius 3 is 2.60 bits per heavy atom. The molecule has 3 aromatic rings. The van der Waals surface area contributed by atoms with Gasteiger partial charge in [-0.25, -0.2) is 4.98 Å². The molecule has 0 spiro atoms. The van der Waals surface area contributed by atoms with Crippen LogP contribution in [0.3, 0.4) is 0 Å². The van der Waals surface area contributed by atoms with Gasteiger partial charge in [-0.3, -0.25) is 4.57 Å². The number of hydrogen-bond donors (Lipinski definition) is 0. The molecule has 2 aliphatic heterocycles. The van der Waals surface area contributed by atoms with Crippen molar-refractivity contribution in [1.82, 2.24) is 19.7 Å². The lowest BCUT2D eigenvalue weighted by Gasteiger charge is -2.32. The van der Waals surface area contributed by atoms with Gasteiger partial charge in [0.15, 0.2) is 5.82 Å². The maximum Gasteiger partial charge on any atom is 0.163 e. The zero-order valence-electron chi connectivity index (χ0n) is 16.7. The summed E-state index contributed by atoms with van der Waals surface area (Å²) in [6.07, 6.45) is 3.91. The van der Waals surface area contributed by atoms with Crippen molar-refractivity contribution in [3.8, 4) is 11.4 Å². The Kier molecular flexibility index (Phi) is 7.18. The minimum atomic E-state index is 0. The molecule has 160 valence electrons. The van der Waals surface area contributed by atoms with Gasteiger partial charge in [0, 0.05) is 30.8 Å². The second kappa shape index (κ2) is 9.64. The number of methoxy groups -OCH3 is 1. The Balaban J connectivity index is 0.00000128. The van der Waals surface area contributed by atoms with Crippen LogP contribution in [0.5, 0.6) is 5.75 Å². The van der Waals surface area contributed by atoms with Crippen LogP contribution in [0.25, 0.3) is 5.69 Å². The van der Waals surface area contributed by atoms with Gasteiger partial charge in [0.25, 0.3) is 0 Å². The molecule has 0 aliphatic carbocycles. The quantitative estimate of drug-likeness (QED) is 0.603. The molecular weight excluding hydrogens is 425 g/mol. The summed E-state index contributed by atoms with van der Waals surface area (Å²) < 4.78 is 13.4. The predicted octanol–water partition coefficient (Wildman–Crippen LogP) is 3.93. The van der Waals surface area contributed by atoms with E-state index in [1.165, 1.54) is 0 Å². The molecule has 0 N–H and O–H groups in total. The van der Waals surface area contributed by atoms with Crippen molar-refractivity contribution in [1.29, 1.82) is 0 Å². The number of fused-ring (bicyclic) bond motifs is 3. The van der Waals surface area contributed by atoms with Crippen LogP contribution in [0.15, 0.2) is 42.6 Å². The molecule has 0 radical (unpaired) electrons. The molecular formula is C21H25Cl2N5O2. The number of rotatable bonds is 3. The molecule has 0 amide bonds. The third kappa shape index (κ3) is 4.10. The molecule has 7 nitrogen and oxygen atoms in total. The van der Waals surface area contributed by atoms with Gasteiger partial charge in [-0.15, -0.1) is 35.0 Å². The summed E-state index contributed by atoms with van der Waals surface area (Å²) in [7, 11) is 1.68. The van der Waals surface area contributed by atoms with E-state index in [9.17, 15) is 0 Å². The Bertz CT molecular complexity index is 975. The van der Waals surface area contributed by atoms with Crippen molar-refractivity contribution in [3.63, 3.8) is 0 Å². The summed E-state index contributed by atoms with van der Waals surface area (Å²) in [4.78, 5) is 6.83. The van der Waals surface area contributed by atoms with E-state index in [1.54, 1.807) is 7.11 Å². The van der Waals surface area contributed by atoms with E-state index in [4.69, 9.17) is 9.47 Å². The molecule has 5 rings (SSSR count). The van der Waals surface area contributed by atoms with E-state index in [2.05, 4.69) is 36.8 Å². The zero-order valence-corrected chi connectivity index (χ0v) is 18.4. The minimum absolute atomic E-state index is 0. The number of ether oxygens (including phenoxy) is 2. The zero-order chi connectivity index (χ0) is 18.9. The predicted molar refractivity (Wildman–Crippen MR) is 119 cm³/mol. The van der Waals surface area contributed by atoms with Crippen molar-refractivity contribution in [2.24, 2.45) is 0 Å². The standard InChI is InChI=1S/C21H23N5O2.2ClH/c1-27-17-5-6-18-16(12-17)13-28-14-20-23-24-21(26(18)20)15-7-10-25(11-8-15)19-4-2-3-9-22-19;;/h2-6,9,12,15H,7-8,10-11,13-14H2,1H3;2*1H. The molecule has 2 aromatic heterocycles. The number of anilines is 1. The average molecular weight is 450 g/mol. The second-order valence-electron chi connectivity index (χ2n) is 7.25. The Hall–Kier alpha value is -2.35. The Labute approximate surface area is 188 Å². The van der Waals surface area contributed by atoms with Gasteiger partial charge in [0.2, 0.25) is 0 Å². The van der Waals surface area contributed by atoms with E-state index in [1.807, 2.05) is 30.5 Å². The third-order valence-electron chi connectivity index (χ3n) is 5.60. The Morgan fingerprint density at radius 2 is 1.87 bits per heavy atom. The molecule has 4 heterocycles. The fourth-order valence-corrected chi connectivity index (χ4v) is 4.13. The highest BCUT2D eigenvalue weighted by atomic mass is 35.5. The second-order valence-corrected chi connectivity index (χ2v) is 7.25. The van der Waals surface area contributed by atoms with E-state index >= 15 is 0 Å². The summed E-state index contributed by atoms with van der Waals surface area (Å²) in [6, 6.07) is 12.2. The monoisotopic (exact) mass is 449 g/mol. The highest BCUT2D eigenvalue weighted by Gasteiger charge is 2.29. The summed E-state index contributed by atoms with van der Waals surface area (Å²) in [5.41, 5.74) is 2.20. The normalized spacial score (nSPS) is 15.8. The number of piperidine rings is 1. The third-order valence-corrected chi connectivity index (χ3v) is 5.60. The van der Waals surface area contributed by atoms with Crippen molar-refractivity contribution in [2.45, 2.75) is 32.0 Å². The van der Waals surface area contributed by atoms with Gasteiger partial charge in [-0.1, -0.05) is 6.07 Å². The van der Waals surface area contributed by atoms with Gasteiger partial charge >= 0.3 is 0 Å². The van der Waals surface area contributed by atoms with Crippen LogP contribution in [-0.4, -0.2) is 39.9 Å². The fourth-order valence-electron chi connectivity index (χ4n) is 4.13. The number of hydrogen-bond acceptors (Lipinski definition) is 6. The maximum absolute atomic E-state index is 5.83. The van der Waals surface area contributed by atoms with Gasteiger partial charge in [-0.05, 0) is 43.2 Å². The first-order valence-corrected chi connectivity index (χ1v) is 9.68. The van der Waals surface area contributed by atoms with Crippen molar-refractivity contribution in [3.05, 3.63) is 59.8 Å². The molecule has 9 heteroatoms. The largest absolute Gasteiger partial charge is 0.497 e. The lowest BCUT2D eigenvalue weighted by atomic mass is 9.95. The van der Waals surface area contributed by atoms with Crippen LogP contribution in [0.1, 0.15) is 36.0 Å². The van der Waals surface area contributed by atoms with Crippen LogP contribution in [0.2, 0.25) is 0 Å². The first-order valence-electron chi connectivity index (χ1n) is 9.68. The molecule has 2 aliphatic rings. The molecule has 1 aromatic carbocycles. The molecule has 1 saturated heterocycles. The van der Waals surface area contributed by atoms with E-state index in [0.717, 1.165) is 60.4 Å². The SMILES string of the molecule is COc1ccc2c(c1)COCc1nnc(C3CCN(c4ccccn4)CC3)n1-2.Cl.Cl. The molecule has 0 bridgehead atoms. The van der Waals surface area contributed by atoms with Crippen LogP contribution >= 0.6 is 24.8 Å². The van der Waals surface area contributed by atoms with E-state index in [0.29, 0.717) is 19.1 Å². The molecule has 0 atom stereocenters. The van der Waals surface area contributed by atoms with Gasteiger partial charge < -0.3 is 14.4 Å². The number of aromatic nitrogens is 4. The van der Waals surface area contributed by atoms with E-state index < -0.39 is 0 Å². The summed E-state index contributed by atoms with van der Waals surface area (Å²) in [6.45, 7) is 2.95. The van der Waals surface area contributed by atoms with Crippen molar-refractivity contribution < 1.29 is 9.47 Å². The first kappa shape index (κ1) is 22.3. The topological polar surface area (TPSA) is 65.3 Å². The first-order chi connectivity index (χ1) is 13.8. The molecule has 1 fully saturated rings. The molecule has 30 heavy (non-hydrogen) atoms. The molecule has 0 unspecified atom stereocenters. The van der Waals surface area contributed by atoms with Crippen LogP contribution < -0.4 is 9.64 Å². The Morgan fingerprint density at radius 1 is 1.03 bits per heavy atom. The highest BCUT2D eigenvalue weighted by Crippen LogP contribution is 2.33. The minimum Gasteiger partial charge on any atom is -0.497 e. The van der Waals surface area contributed by atoms with Crippen LogP contribution in [-0.2, 0) is 18.0 Å². The lowest BCUT2D eigenvalue weighted by Crippen LogP contribution is -2.34. The van der Waals surface area contributed by atoms with E-state index in [-0.39, 0.29) is 24.8 Å². The smallest absolute Gasteiger partial charge is 0.163 e.